The smallest absolute Gasteiger partial charge is 0.342 e. The zero-order valence-corrected chi connectivity index (χ0v) is 29.2. The van der Waals surface area contributed by atoms with E-state index in [9.17, 15) is 30.0 Å². The Labute approximate surface area is 292 Å². The molecule has 0 bridgehead atoms. The Morgan fingerprint density at radius 3 is 1.49 bits per heavy atom. The predicted octanol–water partition coefficient (Wildman–Crippen LogP) is 7.05. The van der Waals surface area contributed by atoms with Gasteiger partial charge in [-0.1, -0.05) is 25.3 Å². The molecule has 4 N–H and O–H groups in total. The summed E-state index contributed by atoms with van der Waals surface area (Å²) in [5, 5.41) is 26.1. The van der Waals surface area contributed by atoms with Gasteiger partial charge in [0.25, 0.3) is 10.1 Å². The van der Waals surface area contributed by atoms with Crippen LogP contribution in [0.25, 0.3) is 0 Å². The fourth-order valence-electron chi connectivity index (χ4n) is 4.12. The van der Waals surface area contributed by atoms with Crippen LogP contribution in [-0.2, 0) is 38.7 Å². The van der Waals surface area contributed by atoms with E-state index in [-0.39, 0.29) is 54.5 Å². The average Bonchev–Trinajstić information content (AvgIpc) is 3.13. The van der Waals surface area contributed by atoms with Crippen LogP contribution in [0, 0.1) is 0 Å². The molecule has 0 aliphatic carbocycles. The Kier molecular flexibility index (Phi) is 11.3. The molecule has 0 radical (unpaired) electrons. The van der Waals surface area contributed by atoms with Crippen LogP contribution in [0.15, 0.2) is 142 Å². The molecular formula is C31H28N8O9S3. The number of methoxy groups -OCH3 is 1. The molecule has 0 fully saturated rings. The van der Waals surface area contributed by atoms with E-state index >= 15 is 0 Å². The van der Waals surface area contributed by atoms with Crippen molar-refractivity contribution in [3.05, 3.63) is 102 Å². The van der Waals surface area contributed by atoms with Crippen LogP contribution in [0.1, 0.15) is 10.4 Å². The molecule has 264 valence electrons. The normalized spacial score (nSPS) is 12.4. The number of anilines is 2. The summed E-state index contributed by atoms with van der Waals surface area (Å²) in [6.07, 6.45) is 0. The number of sulfone groups is 2. The van der Waals surface area contributed by atoms with Crippen LogP contribution in [0.3, 0.4) is 0 Å². The Balaban J connectivity index is 1.96. The summed E-state index contributed by atoms with van der Waals surface area (Å²) in [5.74, 6) is -1.05. The van der Waals surface area contributed by atoms with Crippen LogP contribution in [0.4, 0.5) is 45.5 Å². The molecule has 0 aliphatic rings. The number of benzene rings is 4. The van der Waals surface area contributed by atoms with Gasteiger partial charge in [-0.2, -0.15) is 18.6 Å². The number of nitrogens with zero attached hydrogens (tertiary/aromatic N) is 6. The molecule has 0 unspecified atom stereocenters. The van der Waals surface area contributed by atoms with Crippen molar-refractivity contribution < 1.29 is 39.0 Å². The lowest BCUT2D eigenvalue weighted by Crippen LogP contribution is -2.06. The first kappa shape index (κ1) is 37.9. The van der Waals surface area contributed by atoms with E-state index in [1.807, 2.05) is 0 Å². The number of hydrogen-bond acceptors (Lipinski definition) is 17. The number of nitrogens with two attached hydrogens (primary N) is 2. The molecule has 4 rings (SSSR count). The Morgan fingerprint density at radius 1 is 0.627 bits per heavy atom. The molecule has 20 heteroatoms. The molecule has 0 amide bonds. The first-order chi connectivity index (χ1) is 24.1. The largest absolute Gasteiger partial charge is 0.465 e. The second-order valence-corrected chi connectivity index (χ2v) is 15.3. The summed E-state index contributed by atoms with van der Waals surface area (Å²) < 4.78 is 83.1. The number of hydrogen-bond donors (Lipinski definition) is 2. The highest BCUT2D eigenvalue weighted by atomic mass is 32.2. The van der Waals surface area contributed by atoms with Crippen LogP contribution in [0.5, 0.6) is 0 Å². The molecule has 0 saturated heterocycles. The number of carbonyl (C=O) groups excluding carboxylic acids is 1. The summed E-state index contributed by atoms with van der Waals surface area (Å²) in [6, 6.07) is 15.9. The molecular weight excluding hydrogens is 725 g/mol. The lowest BCUT2D eigenvalue weighted by atomic mass is 10.1. The molecule has 4 aromatic rings. The first-order valence-corrected chi connectivity index (χ1v) is 18.5. The van der Waals surface area contributed by atoms with Crippen molar-refractivity contribution in [1.82, 2.24) is 0 Å². The third-order valence-electron chi connectivity index (χ3n) is 6.80. The molecule has 0 spiro atoms. The van der Waals surface area contributed by atoms with Gasteiger partial charge >= 0.3 is 5.97 Å². The molecule has 0 atom stereocenters. The van der Waals surface area contributed by atoms with Gasteiger partial charge < -0.3 is 16.2 Å². The maximum atomic E-state index is 13.2. The average molecular weight is 753 g/mol. The molecule has 0 aromatic heterocycles. The minimum atomic E-state index is -4.25. The SMILES string of the molecule is C=CS(=O)(=O)c1ccc(N=Nc2c(N)c(N=Nc3ccc(S(=O)(=O)C=C)cc3)c(C(=O)OC)c(N=Nc3ccccc3S(=O)(=O)OC)c2N)cc1. The van der Waals surface area contributed by atoms with E-state index in [4.69, 9.17) is 16.2 Å². The Bertz CT molecular complexity index is 2450. The van der Waals surface area contributed by atoms with Crippen molar-refractivity contribution in [2.75, 3.05) is 25.7 Å². The van der Waals surface area contributed by atoms with Gasteiger partial charge in [0.2, 0.25) is 0 Å². The molecule has 0 aliphatic heterocycles. The van der Waals surface area contributed by atoms with Crippen LogP contribution >= 0.6 is 0 Å². The fraction of sp³-hybridized carbons (Fsp3) is 0.0645. The summed E-state index contributed by atoms with van der Waals surface area (Å²) in [4.78, 5) is 12.8. The van der Waals surface area contributed by atoms with Gasteiger partial charge in [-0.25, -0.2) is 21.6 Å². The van der Waals surface area contributed by atoms with E-state index in [0.717, 1.165) is 25.0 Å². The van der Waals surface area contributed by atoms with E-state index in [2.05, 4.69) is 48.0 Å². The van der Waals surface area contributed by atoms with Gasteiger partial charge in [0.05, 0.1) is 46.8 Å². The minimum Gasteiger partial charge on any atom is -0.465 e. The van der Waals surface area contributed by atoms with Crippen molar-refractivity contribution in [3.8, 4) is 0 Å². The third kappa shape index (κ3) is 8.27. The summed E-state index contributed by atoms with van der Waals surface area (Å²) in [7, 11) is -9.70. The first-order valence-electron chi connectivity index (χ1n) is 14.0. The van der Waals surface area contributed by atoms with Crippen LogP contribution in [-0.4, -0.2) is 45.4 Å². The Hall–Kier alpha value is -5.96. The number of carbonyl (C=O) groups is 1. The number of azo groups is 3. The van der Waals surface area contributed by atoms with Crippen LogP contribution < -0.4 is 11.5 Å². The summed E-state index contributed by atoms with van der Waals surface area (Å²) in [5.41, 5.74) is 10.8. The number of rotatable bonds is 13. The molecule has 17 nitrogen and oxygen atoms in total. The molecule has 0 saturated carbocycles. The second-order valence-electron chi connectivity index (χ2n) is 9.84. The number of esters is 1. The molecule has 51 heavy (non-hydrogen) atoms. The summed E-state index contributed by atoms with van der Waals surface area (Å²) >= 11 is 0. The lowest BCUT2D eigenvalue weighted by Gasteiger charge is -2.14. The zero-order chi connectivity index (χ0) is 37.6. The number of ether oxygens (including phenoxy) is 1. The molecule has 4 aromatic carbocycles. The van der Waals surface area contributed by atoms with E-state index in [1.54, 1.807) is 0 Å². The second kappa shape index (κ2) is 15.3. The highest BCUT2D eigenvalue weighted by molar-refractivity contribution is 7.94. The Morgan fingerprint density at radius 2 is 1.06 bits per heavy atom. The predicted molar refractivity (Wildman–Crippen MR) is 187 cm³/mol. The topological polar surface area (TPSA) is 264 Å². The minimum absolute atomic E-state index is 0.0470. The van der Waals surface area contributed by atoms with Crippen molar-refractivity contribution in [2.45, 2.75) is 14.7 Å². The van der Waals surface area contributed by atoms with Crippen molar-refractivity contribution in [1.29, 1.82) is 0 Å². The number of nitrogen functional groups attached to an aromatic ring is 2. The van der Waals surface area contributed by atoms with Crippen molar-refractivity contribution >= 4 is 81.3 Å². The van der Waals surface area contributed by atoms with E-state index in [0.29, 0.717) is 0 Å². The fourth-order valence-corrected chi connectivity index (χ4v) is 6.33. The third-order valence-corrected chi connectivity index (χ3v) is 10.9. The quantitative estimate of drug-likeness (QED) is 0.0604. The van der Waals surface area contributed by atoms with Gasteiger partial charge in [-0.3, -0.25) is 4.18 Å². The van der Waals surface area contributed by atoms with E-state index in [1.165, 1.54) is 72.8 Å². The molecule has 0 heterocycles. The maximum Gasteiger partial charge on any atom is 0.342 e. The summed E-state index contributed by atoms with van der Waals surface area (Å²) in [6.45, 7) is 6.57. The highest BCUT2D eigenvalue weighted by Crippen LogP contribution is 2.49. The standard InChI is InChI=1S/C31H28N8O9S3/c1-5-49(41,42)21-15-11-19(12-16-21)34-37-28-25(31(40)47-3)29(38-36-23-9-7-8-10-24(23)51(45,46)48-4)27(33)30(26(28)32)39-35-20-13-17-22(18-14-20)50(43,44)6-2/h5-18H,1-2,32-33H2,3-4H3. The van der Waals surface area contributed by atoms with Crippen LogP contribution in [0.2, 0.25) is 0 Å². The highest BCUT2D eigenvalue weighted by Gasteiger charge is 2.28. The van der Waals surface area contributed by atoms with Gasteiger partial charge in [0, 0.05) is 10.8 Å². The lowest BCUT2D eigenvalue weighted by molar-refractivity contribution is 0.0602. The monoisotopic (exact) mass is 752 g/mol. The van der Waals surface area contributed by atoms with Gasteiger partial charge in [0.1, 0.15) is 33.2 Å². The van der Waals surface area contributed by atoms with E-state index < -0.39 is 47.0 Å². The van der Waals surface area contributed by atoms with Gasteiger partial charge in [-0.05, 0) is 60.7 Å². The van der Waals surface area contributed by atoms with Gasteiger partial charge in [0.15, 0.2) is 19.7 Å². The van der Waals surface area contributed by atoms with Crippen molar-refractivity contribution in [3.63, 3.8) is 0 Å². The maximum absolute atomic E-state index is 13.2. The van der Waals surface area contributed by atoms with Gasteiger partial charge in [-0.15, -0.1) is 20.5 Å². The van der Waals surface area contributed by atoms with Crippen molar-refractivity contribution in [2.24, 2.45) is 30.7 Å². The zero-order valence-electron chi connectivity index (χ0n) is 26.7.